The third-order valence-electron chi connectivity index (χ3n) is 3.19. The van der Waals surface area contributed by atoms with Gasteiger partial charge in [0, 0.05) is 12.1 Å². The number of rotatable bonds is 5. The highest BCUT2D eigenvalue weighted by molar-refractivity contribution is 5.82. The predicted molar refractivity (Wildman–Crippen MR) is 88.8 cm³/mol. The summed E-state index contributed by atoms with van der Waals surface area (Å²) in [5.41, 5.74) is 3.08. The minimum Gasteiger partial charge on any atom is -0.258 e. The Labute approximate surface area is 129 Å². The van der Waals surface area contributed by atoms with Crippen molar-refractivity contribution in [3.63, 3.8) is 0 Å². The molecule has 0 amide bonds. The number of benzene rings is 2. The Morgan fingerprint density at radius 2 is 1.36 bits per heavy atom. The van der Waals surface area contributed by atoms with Gasteiger partial charge in [-0.3, -0.25) is 10.1 Å². The molecular formula is C17H17N3O2. The van der Waals surface area contributed by atoms with Gasteiger partial charge in [-0.25, -0.2) is 0 Å². The maximum Gasteiger partial charge on any atom is 0.269 e. The van der Waals surface area contributed by atoms with Crippen molar-refractivity contribution in [2.24, 2.45) is 10.2 Å². The molecule has 2 aromatic carbocycles. The van der Waals surface area contributed by atoms with E-state index in [1.165, 1.54) is 17.7 Å². The average Bonchev–Trinajstić information content (AvgIpc) is 2.52. The van der Waals surface area contributed by atoms with Crippen molar-refractivity contribution < 1.29 is 4.92 Å². The Hall–Kier alpha value is -2.82. The summed E-state index contributed by atoms with van der Waals surface area (Å²) in [6, 6.07) is 14.3. The molecule has 2 aromatic rings. The molecule has 0 saturated carbocycles. The zero-order valence-electron chi connectivity index (χ0n) is 12.5. The van der Waals surface area contributed by atoms with Gasteiger partial charge in [0.15, 0.2) is 0 Å². The van der Waals surface area contributed by atoms with Crippen LogP contribution in [0, 0.1) is 10.1 Å². The fraction of sp³-hybridized carbons (Fsp3) is 0.176. The van der Waals surface area contributed by atoms with Crippen molar-refractivity contribution in [3.8, 4) is 0 Å². The molecule has 0 aromatic heterocycles. The molecule has 2 rings (SSSR count). The van der Waals surface area contributed by atoms with E-state index in [4.69, 9.17) is 0 Å². The molecule has 0 saturated heterocycles. The number of non-ortho nitro benzene ring substituents is 1. The van der Waals surface area contributed by atoms with Gasteiger partial charge in [-0.1, -0.05) is 38.1 Å². The van der Waals surface area contributed by atoms with Gasteiger partial charge in [-0.15, -0.1) is 0 Å². The molecule has 0 aliphatic heterocycles. The fourth-order valence-corrected chi connectivity index (χ4v) is 1.85. The lowest BCUT2D eigenvalue weighted by Gasteiger charge is -2.03. The van der Waals surface area contributed by atoms with Crippen LogP contribution in [0.4, 0.5) is 5.69 Å². The highest BCUT2D eigenvalue weighted by atomic mass is 16.6. The van der Waals surface area contributed by atoms with Crippen LogP contribution in [0.5, 0.6) is 0 Å². The molecule has 5 nitrogen and oxygen atoms in total. The largest absolute Gasteiger partial charge is 0.269 e. The van der Waals surface area contributed by atoms with E-state index in [2.05, 4.69) is 36.2 Å². The van der Waals surface area contributed by atoms with Gasteiger partial charge in [0.25, 0.3) is 5.69 Å². The molecule has 0 aliphatic rings. The molecule has 5 heteroatoms. The van der Waals surface area contributed by atoms with Gasteiger partial charge < -0.3 is 0 Å². The topological polar surface area (TPSA) is 67.9 Å². The maximum atomic E-state index is 10.5. The first-order chi connectivity index (χ1) is 10.6. The van der Waals surface area contributed by atoms with Crippen LogP contribution in [0.3, 0.4) is 0 Å². The number of hydrogen-bond acceptors (Lipinski definition) is 4. The second-order valence-electron chi connectivity index (χ2n) is 5.16. The molecule has 22 heavy (non-hydrogen) atoms. The minimum atomic E-state index is -0.431. The van der Waals surface area contributed by atoms with E-state index in [0.717, 1.165) is 11.1 Å². The van der Waals surface area contributed by atoms with Crippen molar-refractivity contribution in [2.75, 3.05) is 0 Å². The van der Waals surface area contributed by atoms with Crippen LogP contribution >= 0.6 is 0 Å². The summed E-state index contributed by atoms with van der Waals surface area (Å²) >= 11 is 0. The van der Waals surface area contributed by atoms with E-state index in [1.807, 2.05) is 12.1 Å². The van der Waals surface area contributed by atoms with Gasteiger partial charge in [-0.05, 0) is 34.7 Å². The van der Waals surface area contributed by atoms with E-state index >= 15 is 0 Å². The molecule has 0 N–H and O–H groups in total. The van der Waals surface area contributed by atoms with E-state index in [1.54, 1.807) is 24.6 Å². The minimum absolute atomic E-state index is 0.0610. The van der Waals surface area contributed by atoms with Crippen LogP contribution in [-0.4, -0.2) is 17.4 Å². The Kier molecular flexibility index (Phi) is 5.14. The van der Waals surface area contributed by atoms with Crippen LogP contribution in [0.15, 0.2) is 58.7 Å². The van der Waals surface area contributed by atoms with Gasteiger partial charge in [0.1, 0.15) is 0 Å². The van der Waals surface area contributed by atoms with Crippen LogP contribution in [-0.2, 0) is 0 Å². The van der Waals surface area contributed by atoms with Crippen molar-refractivity contribution in [1.29, 1.82) is 0 Å². The van der Waals surface area contributed by atoms with Crippen molar-refractivity contribution in [1.82, 2.24) is 0 Å². The molecule has 0 bridgehead atoms. The molecule has 0 heterocycles. The average molecular weight is 295 g/mol. The summed E-state index contributed by atoms with van der Waals surface area (Å²) in [7, 11) is 0. The first-order valence-electron chi connectivity index (χ1n) is 6.97. The number of hydrogen-bond donors (Lipinski definition) is 0. The summed E-state index contributed by atoms with van der Waals surface area (Å²) in [6.07, 6.45) is 3.23. The van der Waals surface area contributed by atoms with E-state index in [0.29, 0.717) is 5.92 Å². The highest BCUT2D eigenvalue weighted by Crippen LogP contribution is 2.14. The smallest absolute Gasteiger partial charge is 0.258 e. The van der Waals surface area contributed by atoms with Crippen molar-refractivity contribution in [3.05, 3.63) is 75.3 Å². The van der Waals surface area contributed by atoms with Gasteiger partial charge >= 0.3 is 0 Å². The lowest BCUT2D eigenvalue weighted by Crippen LogP contribution is -1.88. The second-order valence-corrected chi connectivity index (χ2v) is 5.16. The number of nitrogens with zero attached hydrogens (tertiary/aromatic N) is 3. The van der Waals surface area contributed by atoms with Crippen LogP contribution in [0.2, 0.25) is 0 Å². The van der Waals surface area contributed by atoms with Crippen LogP contribution < -0.4 is 0 Å². The normalized spacial score (nSPS) is 11.6. The van der Waals surface area contributed by atoms with Crippen LogP contribution in [0.1, 0.15) is 36.5 Å². The Morgan fingerprint density at radius 1 is 0.909 bits per heavy atom. The van der Waals surface area contributed by atoms with E-state index < -0.39 is 4.92 Å². The van der Waals surface area contributed by atoms with Gasteiger partial charge in [-0.2, -0.15) is 10.2 Å². The van der Waals surface area contributed by atoms with Crippen LogP contribution in [0.25, 0.3) is 0 Å². The molecule has 0 atom stereocenters. The fourth-order valence-electron chi connectivity index (χ4n) is 1.85. The Morgan fingerprint density at radius 3 is 1.77 bits per heavy atom. The Bertz CT molecular complexity index is 687. The van der Waals surface area contributed by atoms with Crippen molar-refractivity contribution >= 4 is 18.1 Å². The lowest BCUT2D eigenvalue weighted by atomic mass is 10.0. The molecule has 0 fully saturated rings. The second kappa shape index (κ2) is 7.26. The summed E-state index contributed by atoms with van der Waals surface area (Å²) < 4.78 is 0. The van der Waals surface area contributed by atoms with Crippen molar-refractivity contribution in [2.45, 2.75) is 19.8 Å². The Balaban J connectivity index is 1.97. The molecule has 0 aliphatic carbocycles. The van der Waals surface area contributed by atoms with E-state index in [9.17, 15) is 10.1 Å². The summed E-state index contributed by atoms with van der Waals surface area (Å²) in [6.45, 7) is 4.30. The first-order valence-corrected chi connectivity index (χ1v) is 6.97. The third-order valence-corrected chi connectivity index (χ3v) is 3.19. The number of nitro groups is 1. The number of nitro benzene ring substituents is 1. The molecule has 0 radical (unpaired) electrons. The maximum absolute atomic E-state index is 10.5. The highest BCUT2D eigenvalue weighted by Gasteiger charge is 2.02. The van der Waals surface area contributed by atoms with E-state index in [-0.39, 0.29) is 5.69 Å². The molecule has 112 valence electrons. The predicted octanol–water partition coefficient (Wildman–Crippen LogP) is 4.17. The standard InChI is InChI=1S/C17H17N3O2/c1-13(2)16-7-3-14(4-8-16)11-18-19-12-15-5-9-17(10-6-15)20(21)22/h3-13H,1-2H3/b18-11+,19-12+. The summed E-state index contributed by atoms with van der Waals surface area (Å²) in [5, 5.41) is 18.5. The van der Waals surface area contributed by atoms with Gasteiger partial charge in [0.05, 0.1) is 17.4 Å². The molecule has 0 unspecified atom stereocenters. The molecular weight excluding hydrogens is 278 g/mol. The summed E-state index contributed by atoms with van der Waals surface area (Å²) in [4.78, 5) is 10.1. The molecule has 0 spiro atoms. The zero-order valence-corrected chi connectivity index (χ0v) is 12.5. The zero-order chi connectivity index (χ0) is 15.9. The summed E-state index contributed by atoms with van der Waals surface area (Å²) in [5.74, 6) is 0.506. The third kappa shape index (κ3) is 4.34. The quantitative estimate of drug-likeness (QED) is 0.472. The lowest BCUT2D eigenvalue weighted by molar-refractivity contribution is -0.384. The SMILES string of the molecule is CC(C)c1ccc(/C=N/N=C/c2ccc([N+](=O)[O-])cc2)cc1. The first kappa shape index (κ1) is 15.6. The monoisotopic (exact) mass is 295 g/mol. The van der Waals surface area contributed by atoms with Gasteiger partial charge in [0.2, 0.25) is 0 Å².